The molecule has 0 saturated carbocycles. The van der Waals surface area contributed by atoms with Gasteiger partial charge in [0.15, 0.2) is 0 Å². The second-order valence-electron chi connectivity index (χ2n) is 3.30. The maximum atomic E-state index is 11.7. The molecule has 0 aliphatic carbocycles. The van der Waals surface area contributed by atoms with Crippen molar-refractivity contribution >= 4 is 10.0 Å². The SMILES string of the molecule is CCS(=O)(=O)N1CCOCC1CNC. The summed E-state index contributed by atoms with van der Waals surface area (Å²) in [5.41, 5.74) is 0. The average molecular weight is 222 g/mol. The fraction of sp³-hybridized carbons (Fsp3) is 1.00. The summed E-state index contributed by atoms with van der Waals surface area (Å²) in [6, 6.07) is -0.0568. The van der Waals surface area contributed by atoms with Crippen molar-refractivity contribution in [1.82, 2.24) is 9.62 Å². The third-order valence-corrected chi connectivity index (χ3v) is 4.26. The van der Waals surface area contributed by atoms with Crippen molar-refractivity contribution in [3.05, 3.63) is 0 Å². The van der Waals surface area contributed by atoms with Gasteiger partial charge in [0.25, 0.3) is 0 Å². The fourth-order valence-corrected chi connectivity index (χ4v) is 2.84. The average Bonchev–Trinajstić information content (AvgIpc) is 2.19. The molecule has 1 atom stereocenters. The first-order chi connectivity index (χ1) is 6.61. The Labute approximate surface area is 85.5 Å². The van der Waals surface area contributed by atoms with Crippen molar-refractivity contribution in [2.45, 2.75) is 13.0 Å². The molecule has 1 rings (SSSR count). The molecule has 84 valence electrons. The molecule has 14 heavy (non-hydrogen) atoms. The van der Waals surface area contributed by atoms with Gasteiger partial charge in [-0.1, -0.05) is 0 Å². The van der Waals surface area contributed by atoms with Gasteiger partial charge in [-0.2, -0.15) is 4.31 Å². The Morgan fingerprint density at radius 1 is 1.57 bits per heavy atom. The van der Waals surface area contributed by atoms with Gasteiger partial charge in [0.2, 0.25) is 10.0 Å². The van der Waals surface area contributed by atoms with Crippen LogP contribution in [0.5, 0.6) is 0 Å². The highest BCUT2D eigenvalue weighted by Gasteiger charge is 2.30. The molecule has 0 aromatic heterocycles. The van der Waals surface area contributed by atoms with E-state index in [1.807, 2.05) is 7.05 Å². The standard InChI is InChI=1S/C8H18N2O3S/c1-3-14(11,12)10-4-5-13-7-8(10)6-9-2/h8-9H,3-7H2,1-2H3. The largest absolute Gasteiger partial charge is 0.378 e. The van der Waals surface area contributed by atoms with E-state index >= 15 is 0 Å². The molecule has 5 nitrogen and oxygen atoms in total. The Morgan fingerprint density at radius 2 is 2.29 bits per heavy atom. The molecule has 0 bridgehead atoms. The lowest BCUT2D eigenvalue weighted by Crippen LogP contribution is -2.52. The molecule has 1 N–H and O–H groups in total. The summed E-state index contributed by atoms with van der Waals surface area (Å²) in [6.45, 7) is 3.77. The van der Waals surface area contributed by atoms with Crippen LogP contribution in [-0.2, 0) is 14.8 Å². The van der Waals surface area contributed by atoms with Crippen LogP contribution in [0.1, 0.15) is 6.92 Å². The molecule has 0 aromatic carbocycles. The van der Waals surface area contributed by atoms with Crippen molar-refractivity contribution in [2.24, 2.45) is 0 Å². The van der Waals surface area contributed by atoms with Gasteiger partial charge in [-0.05, 0) is 14.0 Å². The summed E-state index contributed by atoms with van der Waals surface area (Å²) in [7, 11) is -1.27. The topological polar surface area (TPSA) is 58.6 Å². The molecule has 0 amide bonds. The normalized spacial score (nSPS) is 25.1. The maximum Gasteiger partial charge on any atom is 0.214 e. The van der Waals surface area contributed by atoms with Crippen LogP contribution in [0.25, 0.3) is 0 Å². The van der Waals surface area contributed by atoms with E-state index in [0.717, 1.165) is 0 Å². The Hall–Kier alpha value is -0.170. The molecule has 1 aliphatic rings. The lowest BCUT2D eigenvalue weighted by molar-refractivity contribution is 0.0335. The monoisotopic (exact) mass is 222 g/mol. The number of ether oxygens (including phenoxy) is 1. The van der Waals surface area contributed by atoms with E-state index in [1.165, 1.54) is 0 Å². The third kappa shape index (κ3) is 2.66. The molecule has 6 heteroatoms. The predicted molar refractivity (Wildman–Crippen MR) is 54.7 cm³/mol. The molecule has 0 spiro atoms. The number of morpholine rings is 1. The summed E-state index contributed by atoms with van der Waals surface area (Å²) < 4.78 is 30.2. The van der Waals surface area contributed by atoms with Crippen LogP contribution < -0.4 is 5.32 Å². The van der Waals surface area contributed by atoms with Crippen LogP contribution >= 0.6 is 0 Å². The number of nitrogens with one attached hydrogen (secondary N) is 1. The smallest absolute Gasteiger partial charge is 0.214 e. The molecule has 1 saturated heterocycles. The van der Waals surface area contributed by atoms with Gasteiger partial charge in [0, 0.05) is 13.1 Å². The summed E-state index contributed by atoms with van der Waals surface area (Å²) in [4.78, 5) is 0. The van der Waals surface area contributed by atoms with E-state index in [4.69, 9.17) is 4.74 Å². The minimum Gasteiger partial charge on any atom is -0.378 e. The first-order valence-corrected chi connectivity index (χ1v) is 6.44. The molecule has 1 unspecified atom stereocenters. The molecule has 1 aliphatic heterocycles. The van der Waals surface area contributed by atoms with E-state index in [9.17, 15) is 8.42 Å². The lowest BCUT2D eigenvalue weighted by atomic mass is 10.3. The quantitative estimate of drug-likeness (QED) is 0.680. The van der Waals surface area contributed by atoms with Gasteiger partial charge in [0.05, 0.1) is 25.0 Å². The predicted octanol–water partition coefficient (Wildman–Crippen LogP) is -0.744. The highest BCUT2D eigenvalue weighted by atomic mass is 32.2. The minimum atomic E-state index is -3.08. The molecule has 0 aromatic rings. The number of hydrogen-bond acceptors (Lipinski definition) is 4. The first kappa shape index (κ1) is 11.9. The van der Waals surface area contributed by atoms with Crippen LogP contribution in [0.4, 0.5) is 0 Å². The summed E-state index contributed by atoms with van der Waals surface area (Å²) >= 11 is 0. The third-order valence-electron chi connectivity index (χ3n) is 2.34. The van der Waals surface area contributed by atoms with E-state index < -0.39 is 10.0 Å². The van der Waals surface area contributed by atoms with Gasteiger partial charge in [-0.3, -0.25) is 0 Å². The molecule has 1 fully saturated rings. The number of nitrogens with zero attached hydrogens (tertiary/aromatic N) is 1. The Balaban J connectivity index is 2.72. The van der Waals surface area contributed by atoms with Crippen molar-refractivity contribution in [1.29, 1.82) is 0 Å². The van der Waals surface area contributed by atoms with Gasteiger partial charge in [0.1, 0.15) is 0 Å². The van der Waals surface area contributed by atoms with Crippen molar-refractivity contribution < 1.29 is 13.2 Å². The van der Waals surface area contributed by atoms with E-state index in [0.29, 0.717) is 26.3 Å². The van der Waals surface area contributed by atoms with Gasteiger partial charge in [-0.25, -0.2) is 8.42 Å². The Kier molecular flexibility index (Phi) is 4.31. The number of sulfonamides is 1. The van der Waals surface area contributed by atoms with Gasteiger partial charge >= 0.3 is 0 Å². The zero-order valence-corrected chi connectivity index (χ0v) is 9.51. The summed E-state index contributed by atoms with van der Waals surface area (Å²) in [5, 5.41) is 2.98. The second kappa shape index (κ2) is 5.06. The number of hydrogen-bond donors (Lipinski definition) is 1. The van der Waals surface area contributed by atoms with Crippen LogP contribution in [0, 0.1) is 0 Å². The molecule has 1 heterocycles. The maximum absolute atomic E-state index is 11.7. The fourth-order valence-electron chi connectivity index (χ4n) is 1.57. The van der Waals surface area contributed by atoms with Crippen molar-refractivity contribution in [3.8, 4) is 0 Å². The van der Waals surface area contributed by atoms with Crippen LogP contribution in [0.2, 0.25) is 0 Å². The number of rotatable bonds is 4. The number of likely N-dealkylation sites (N-methyl/N-ethyl adjacent to an activating group) is 1. The summed E-state index contributed by atoms with van der Waals surface area (Å²) in [5.74, 6) is 0.160. The van der Waals surface area contributed by atoms with E-state index in [1.54, 1.807) is 11.2 Å². The lowest BCUT2D eigenvalue weighted by Gasteiger charge is -2.34. The second-order valence-corrected chi connectivity index (χ2v) is 5.51. The highest BCUT2D eigenvalue weighted by molar-refractivity contribution is 7.89. The van der Waals surface area contributed by atoms with E-state index in [-0.39, 0.29) is 11.8 Å². The van der Waals surface area contributed by atoms with Crippen LogP contribution in [-0.4, -0.2) is 57.9 Å². The van der Waals surface area contributed by atoms with Crippen molar-refractivity contribution in [3.63, 3.8) is 0 Å². The first-order valence-electron chi connectivity index (χ1n) is 4.83. The molecular weight excluding hydrogens is 204 g/mol. The highest BCUT2D eigenvalue weighted by Crippen LogP contribution is 2.12. The van der Waals surface area contributed by atoms with Crippen LogP contribution in [0.15, 0.2) is 0 Å². The minimum absolute atomic E-state index is 0.0568. The Bertz CT molecular complexity index is 264. The van der Waals surface area contributed by atoms with E-state index in [2.05, 4.69) is 5.32 Å². The van der Waals surface area contributed by atoms with Gasteiger partial charge < -0.3 is 10.1 Å². The van der Waals surface area contributed by atoms with Gasteiger partial charge in [-0.15, -0.1) is 0 Å². The van der Waals surface area contributed by atoms with Crippen molar-refractivity contribution in [2.75, 3.05) is 39.1 Å². The van der Waals surface area contributed by atoms with Crippen LogP contribution in [0.3, 0.4) is 0 Å². The molecule has 0 radical (unpaired) electrons. The zero-order chi connectivity index (χ0) is 10.6. The zero-order valence-electron chi connectivity index (χ0n) is 8.69. The molecular formula is C8H18N2O3S. The Morgan fingerprint density at radius 3 is 2.86 bits per heavy atom. The summed E-state index contributed by atoms with van der Waals surface area (Å²) in [6.07, 6.45) is 0.